The molecule has 0 radical (unpaired) electrons. The molecule has 3 rings (SSSR count). The lowest BCUT2D eigenvalue weighted by atomic mass is 9.81. The van der Waals surface area contributed by atoms with Crippen molar-refractivity contribution >= 4 is 17.9 Å². The van der Waals surface area contributed by atoms with Crippen LogP contribution < -0.4 is 9.47 Å². The van der Waals surface area contributed by atoms with Gasteiger partial charge >= 0.3 is 0 Å². The van der Waals surface area contributed by atoms with Crippen molar-refractivity contribution in [3.05, 3.63) is 70.3 Å². The molecule has 0 amide bonds. The fourth-order valence-electron chi connectivity index (χ4n) is 3.19. The molecule has 0 aromatic heterocycles. The summed E-state index contributed by atoms with van der Waals surface area (Å²) in [6.45, 7) is 3.70. The highest BCUT2D eigenvalue weighted by Gasteiger charge is 2.36. The van der Waals surface area contributed by atoms with Gasteiger partial charge < -0.3 is 9.47 Å². The molecular weight excluding hydrogens is 320 g/mol. The lowest BCUT2D eigenvalue weighted by Gasteiger charge is -2.23. The Hall–Kier alpha value is -3.21. The Kier molecular flexibility index (Phi) is 4.23. The van der Waals surface area contributed by atoms with Crippen LogP contribution in [0.1, 0.15) is 47.8 Å². The van der Waals surface area contributed by atoms with Crippen molar-refractivity contribution in [1.29, 1.82) is 0 Å². The van der Waals surface area contributed by atoms with E-state index in [-0.39, 0.29) is 45.1 Å². The molecule has 0 saturated carbocycles. The predicted octanol–water partition coefficient (Wildman–Crippen LogP) is 3.02. The molecule has 2 aromatic carbocycles. The minimum atomic E-state index is -0.367. The summed E-state index contributed by atoms with van der Waals surface area (Å²) in [6.07, 6.45) is 2.81. The summed E-state index contributed by atoms with van der Waals surface area (Å²) < 4.78 is 10.7. The van der Waals surface area contributed by atoms with Crippen LogP contribution in [0.2, 0.25) is 0 Å². The third-order valence-electron chi connectivity index (χ3n) is 4.27. The Morgan fingerprint density at radius 1 is 0.920 bits per heavy atom. The van der Waals surface area contributed by atoms with E-state index in [0.29, 0.717) is 18.5 Å². The molecule has 0 atom stereocenters. The third-order valence-corrected chi connectivity index (χ3v) is 4.27. The zero-order chi connectivity index (χ0) is 18.1. The van der Waals surface area contributed by atoms with Gasteiger partial charge in [0.05, 0.1) is 30.9 Å². The van der Waals surface area contributed by atoms with E-state index in [4.69, 9.17) is 9.47 Å². The minimum Gasteiger partial charge on any atom is -0.496 e. The molecule has 1 aliphatic carbocycles. The molecule has 1 aliphatic rings. The Bertz CT molecular complexity index is 924. The average molecular weight is 336 g/mol. The fourth-order valence-corrected chi connectivity index (χ4v) is 3.19. The summed E-state index contributed by atoms with van der Waals surface area (Å²) in [5.74, 6) is -0.206. The van der Waals surface area contributed by atoms with Crippen molar-refractivity contribution in [3.8, 4) is 11.5 Å². The number of carbonyl (C=O) groups is 3. The predicted molar refractivity (Wildman–Crippen MR) is 92.1 cm³/mol. The second kappa shape index (κ2) is 6.36. The summed E-state index contributed by atoms with van der Waals surface area (Å²) in [6, 6.07) is 6.30. The Morgan fingerprint density at radius 3 is 2.00 bits per heavy atom. The highest BCUT2D eigenvalue weighted by molar-refractivity contribution is 6.30. The summed E-state index contributed by atoms with van der Waals surface area (Å²) >= 11 is 0. The van der Waals surface area contributed by atoms with Gasteiger partial charge in [-0.25, -0.2) is 0 Å². The second-order valence-corrected chi connectivity index (χ2v) is 5.56. The quantitative estimate of drug-likeness (QED) is 0.529. The summed E-state index contributed by atoms with van der Waals surface area (Å²) in [7, 11) is 2.83. The van der Waals surface area contributed by atoms with E-state index in [9.17, 15) is 14.4 Å². The van der Waals surface area contributed by atoms with Gasteiger partial charge in [0.15, 0.2) is 17.9 Å². The van der Waals surface area contributed by atoms with E-state index >= 15 is 0 Å². The molecule has 0 unspecified atom stereocenters. The molecule has 0 heterocycles. The number of fused-ring (bicyclic) bond motifs is 2. The van der Waals surface area contributed by atoms with Gasteiger partial charge in [-0.1, -0.05) is 12.1 Å². The maximum atomic E-state index is 13.1. The van der Waals surface area contributed by atoms with Crippen LogP contribution in [0.15, 0.2) is 36.9 Å². The highest BCUT2D eigenvalue weighted by Crippen LogP contribution is 2.39. The smallest absolute Gasteiger partial charge is 0.198 e. The van der Waals surface area contributed by atoms with Crippen LogP contribution in [0.25, 0.3) is 0 Å². The van der Waals surface area contributed by atoms with Crippen molar-refractivity contribution < 1.29 is 23.9 Å². The lowest BCUT2D eigenvalue weighted by molar-refractivity contribution is 0.0973. The van der Waals surface area contributed by atoms with Gasteiger partial charge in [0, 0.05) is 11.1 Å². The zero-order valence-corrected chi connectivity index (χ0v) is 13.9. The van der Waals surface area contributed by atoms with Crippen molar-refractivity contribution in [1.82, 2.24) is 0 Å². The van der Waals surface area contributed by atoms with E-state index in [0.717, 1.165) is 5.56 Å². The van der Waals surface area contributed by atoms with Crippen molar-refractivity contribution in [2.75, 3.05) is 14.2 Å². The highest BCUT2D eigenvalue weighted by atomic mass is 16.5. The van der Waals surface area contributed by atoms with Gasteiger partial charge in [0.25, 0.3) is 0 Å². The van der Waals surface area contributed by atoms with Gasteiger partial charge in [-0.3, -0.25) is 14.4 Å². The number of methoxy groups -OCH3 is 2. The number of rotatable bonds is 5. The molecule has 25 heavy (non-hydrogen) atoms. The van der Waals surface area contributed by atoms with Crippen LogP contribution in [0.5, 0.6) is 11.5 Å². The molecule has 2 aromatic rings. The fraction of sp³-hybridized carbons (Fsp3) is 0.150. The first kappa shape index (κ1) is 16.6. The summed E-state index contributed by atoms with van der Waals surface area (Å²) in [4.78, 5) is 37.3. The van der Waals surface area contributed by atoms with E-state index in [2.05, 4.69) is 6.58 Å². The van der Waals surface area contributed by atoms with Gasteiger partial charge in [0.1, 0.15) is 11.5 Å². The molecule has 0 aliphatic heterocycles. The molecule has 0 fully saturated rings. The van der Waals surface area contributed by atoms with E-state index in [1.54, 1.807) is 18.2 Å². The van der Waals surface area contributed by atoms with Crippen LogP contribution in [0.4, 0.5) is 0 Å². The molecule has 5 nitrogen and oxygen atoms in total. The first-order valence-corrected chi connectivity index (χ1v) is 7.65. The second-order valence-electron chi connectivity index (χ2n) is 5.56. The van der Waals surface area contributed by atoms with Gasteiger partial charge in [0.2, 0.25) is 0 Å². The number of ether oxygens (including phenoxy) is 2. The van der Waals surface area contributed by atoms with E-state index in [1.165, 1.54) is 26.4 Å². The van der Waals surface area contributed by atoms with Crippen LogP contribution in [-0.4, -0.2) is 32.1 Å². The SMILES string of the molecule is C=CCc1ccc2c(c1OC)C(=O)c1ccc(C=O)c(OC)c1C2=O. The Labute approximate surface area is 144 Å². The Morgan fingerprint density at radius 2 is 1.48 bits per heavy atom. The van der Waals surface area contributed by atoms with E-state index < -0.39 is 0 Å². The standard InChI is InChI=1S/C20H16O5/c1-4-5-11-6-8-13-15(19(11)24-2)17(22)14-9-7-12(10-21)20(25-3)16(14)18(13)23/h4,6-10H,1,5H2,2-3H3. The van der Waals surface area contributed by atoms with Gasteiger partial charge in [-0.05, 0) is 30.2 Å². The van der Waals surface area contributed by atoms with Crippen molar-refractivity contribution in [2.24, 2.45) is 0 Å². The molecular formula is C20H16O5. The maximum Gasteiger partial charge on any atom is 0.198 e. The molecule has 0 bridgehead atoms. The number of carbonyl (C=O) groups excluding carboxylic acids is 3. The molecule has 0 N–H and O–H groups in total. The van der Waals surface area contributed by atoms with Gasteiger partial charge in [-0.15, -0.1) is 6.58 Å². The number of hydrogen-bond acceptors (Lipinski definition) is 5. The lowest BCUT2D eigenvalue weighted by Crippen LogP contribution is -2.23. The first-order valence-electron chi connectivity index (χ1n) is 7.65. The number of hydrogen-bond donors (Lipinski definition) is 0. The number of allylic oxidation sites excluding steroid dienone is 1. The van der Waals surface area contributed by atoms with Crippen molar-refractivity contribution in [3.63, 3.8) is 0 Å². The molecule has 126 valence electrons. The molecule has 0 spiro atoms. The first-order chi connectivity index (χ1) is 12.1. The van der Waals surface area contributed by atoms with Crippen LogP contribution in [0, 0.1) is 0 Å². The van der Waals surface area contributed by atoms with E-state index in [1.807, 2.05) is 0 Å². The maximum absolute atomic E-state index is 13.1. The third kappa shape index (κ3) is 2.36. The average Bonchev–Trinajstić information content (AvgIpc) is 2.64. The summed E-state index contributed by atoms with van der Waals surface area (Å²) in [5, 5.41) is 0. The van der Waals surface area contributed by atoms with Crippen LogP contribution >= 0.6 is 0 Å². The number of aldehydes is 1. The molecule has 0 saturated heterocycles. The monoisotopic (exact) mass is 336 g/mol. The van der Waals surface area contributed by atoms with Crippen LogP contribution in [-0.2, 0) is 6.42 Å². The molecule has 5 heteroatoms. The normalized spacial score (nSPS) is 12.2. The minimum absolute atomic E-state index is 0.114. The van der Waals surface area contributed by atoms with Crippen molar-refractivity contribution in [2.45, 2.75) is 6.42 Å². The van der Waals surface area contributed by atoms with Crippen LogP contribution in [0.3, 0.4) is 0 Å². The topological polar surface area (TPSA) is 69.7 Å². The van der Waals surface area contributed by atoms with Gasteiger partial charge in [-0.2, -0.15) is 0 Å². The number of ketones is 2. The zero-order valence-electron chi connectivity index (χ0n) is 13.9. The largest absolute Gasteiger partial charge is 0.496 e. The Balaban J connectivity index is 2.33. The summed E-state index contributed by atoms with van der Waals surface area (Å²) in [5.41, 5.74) is 1.79. The number of benzene rings is 2.